The van der Waals surface area contributed by atoms with Crippen LogP contribution in [-0.2, 0) is 0 Å². The van der Waals surface area contributed by atoms with Gasteiger partial charge in [0.25, 0.3) is 0 Å². The highest BCUT2D eigenvalue weighted by Gasteiger charge is 2.07. The lowest BCUT2D eigenvalue weighted by molar-refractivity contribution is 0.322. The van der Waals surface area contributed by atoms with Gasteiger partial charge in [0.05, 0.1) is 19.1 Å². The summed E-state index contributed by atoms with van der Waals surface area (Å²) >= 11 is 0. The molecule has 0 fully saturated rings. The Bertz CT molecular complexity index is 249. The predicted molar refractivity (Wildman–Crippen MR) is 91.5 cm³/mol. The van der Waals surface area contributed by atoms with Crippen LogP contribution in [0.15, 0.2) is 9.98 Å². The second kappa shape index (κ2) is 13.6. The largest absolute Gasteiger partial charge is 0.309 e. The zero-order valence-corrected chi connectivity index (χ0v) is 14.9. The lowest BCUT2D eigenvalue weighted by Gasteiger charge is -2.17. The van der Waals surface area contributed by atoms with Gasteiger partial charge in [0, 0.05) is 13.1 Å². The summed E-state index contributed by atoms with van der Waals surface area (Å²) in [7, 11) is 8.42. The third kappa shape index (κ3) is 12.6. The lowest BCUT2D eigenvalue weighted by atomic mass is 10.1. The van der Waals surface area contributed by atoms with Gasteiger partial charge in [0.2, 0.25) is 0 Å². The second-order valence-corrected chi connectivity index (χ2v) is 5.85. The standard InChI is InChI=1S/C15H32N4.ClH/c1-7-14(11-18(3)4)9-16-13-17-10-15(8-2)12-19(5)6;/h14-15H,7-12H2,1-6H3;1H. The van der Waals surface area contributed by atoms with Crippen molar-refractivity contribution in [2.45, 2.75) is 26.7 Å². The van der Waals surface area contributed by atoms with Crippen LogP contribution < -0.4 is 0 Å². The molecule has 0 saturated heterocycles. The van der Waals surface area contributed by atoms with E-state index in [2.05, 4.69) is 67.8 Å². The van der Waals surface area contributed by atoms with Gasteiger partial charge in [-0.15, -0.1) is 12.4 Å². The van der Waals surface area contributed by atoms with E-state index in [0.29, 0.717) is 11.8 Å². The van der Waals surface area contributed by atoms with Gasteiger partial charge in [-0.25, -0.2) is 9.98 Å². The van der Waals surface area contributed by atoms with Crippen molar-refractivity contribution < 1.29 is 0 Å². The normalized spacial score (nSPS) is 13.6. The molecule has 0 amide bonds. The molecule has 0 aromatic heterocycles. The minimum atomic E-state index is 0. The summed E-state index contributed by atoms with van der Waals surface area (Å²) in [6.45, 7) is 8.27. The van der Waals surface area contributed by atoms with Gasteiger partial charge in [-0.3, -0.25) is 0 Å². The maximum Gasteiger partial charge on any atom is 0.0892 e. The monoisotopic (exact) mass is 304 g/mol. The molecule has 0 bridgehead atoms. The number of aliphatic imine (C=N–C) groups is 2. The van der Waals surface area contributed by atoms with Crippen molar-refractivity contribution in [1.82, 2.24) is 9.80 Å². The van der Waals surface area contributed by atoms with Crippen LogP contribution in [0, 0.1) is 11.8 Å². The molecule has 120 valence electrons. The molecule has 0 aliphatic heterocycles. The number of nitrogens with zero attached hydrogens (tertiary/aromatic N) is 4. The van der Waals surface area contributed by atoms with E-state index in [1.807, 2.05) is 0 Å². The first-order chi connectivity index (χ1) is 8.99. The van der Waals surface area contributed by atoms with Crippen LogP contribution in [0.25, 0.3) is 0 Å². The maximum absolute atomic E-state index is 4.32. The number of hydrogen-bond acceptors (Lipinski definition) is 4. The van der Waals surface area contributed by atoms with Crippen LogP contribution in [-0.4, -0.2) is 70.2 Å². The highest BCUT2D eigenvalue weighted by molar-refractivity contribution is 5.85. The summed E-state index contributed by atoms with van der Waals surface area (Å²) in [5.41, 5.74) is 0. The van der Waals surface area contributed by atoms with E-state index in [-0.39, 0.29) is 12.4 Å². The molecule has 0 spiro atoms. The van der Waals surface area contributed by atoms with Crippen LogP contribution in [0.4, 0.5) is 0 Å². The van der Waals surface area contributed by atoms with E-state index < -0.39 is 0 Å². The Morgan fingerprint density at radius 2 is 1.15 bits per heavy atom. The molecule has 0 rings (SSSR count). The van der Waals surface area contributed by atoms with Crippen molar-refractivity contribution in [3.8, 4) is 0 Å². The third-order valence-electron chi connectivity index (χ3n) is 3.24. The first kappa shape index (κ1) is 21.9. The molecule has 0 aromatic rings. The Balaban J connectivity index is 0. The highest BCUT2D eigenvalue weighted by atomic mass is 35.5. The highest BCUT2D eigenvalue weighted by Crippen LogP contribution is 2.05. The summed E-state index contributed by atoms with van der Waals surface area (Å²) in [5.74, 6) is 1.22. The van der Waals surface area contributed by atoms with Crippen molar-refractivity contribution in [1.29, 1.82) is 0 Å². The molecule has 20 heavy (non-hydrogen) atoms. The van der Waals surface area contributed by atoms with E-state index in [1.54, 1.807) is 0 Å². The molecule has 0 aliphatic rings. The Morgan fingerprint density at radius 1 is 0.800 bits per heavy atom. The van der Waals surface area contributed by atoms with E-state index >= 15 is 0 Å². The number of halogens is 1. The van der Waals surface area contributed by atoms with Crippen LogP contribution in [0.3, 0.4) is 0 Å². The van der Waals surface area contributed by atoms with E-state index in [4.69, 9.17) is 0 Å². The summed E-state index contributed by atoms with van der Waals surface area (Å²) in [4.78, 5) is 13.1. The van der Waals surface area contributed by atoms with Crippen molar-refractivity contribution in [2.24, 2.45) is 21.8 Å². The van der Waals surface area contributed by atoms with Gasteiger partial charge in [0.15, 0.2) is 0 Å². The fourth-order valence-electron chi connectivity index (χ4n) is 2.05. The van der Waals surface area contributed by atoms with Gasteiger partial charge in [0.1, 0.15) is 0 Å². The van der Waals surface area contributed by atoms with Crippen molar-refractivity contribution >= 4 is 18.4 Å². The maximum atomic E-state index is 4.32. The zero-order valence-electron chi connectivity index (χ0n) is 14.1. The average molecular weight is 305 g/mol. The molecular weight excluding hydrogens is 272 g/mol. The van der Waals surface area contributed by atoms with Crippen molar-refractivity contribution in [3.05, 3.63) is 0 Å². The first-order valence-corrected chi connectivity index (χ1v) is 7.36. The Morgan fingerprint density at radius 3 is 1.40 bits per heavy atom. The van der Waals surface area contributed by atoms with Gasteiger partial charge in [-0.1, -0.05) is 26.7 Å². The van der Waals surface area contributed by atoms with Gasteiger partial charge in [-0.2, -0.15) is 0 Å². The summed E-state index contributed by atoms with van der Waals surface area (Å²) in [6.07, 6.45) is 2.31. The quantitative estimate of drug-likeness (QED) is 0.581. The lowest BCUT2D eigenvalue weighted by Crippen LogP contribution is -2.23. The van der Waals surface area contributed by atoms with Crippen LogP contribution in [0.2, 0.25) is 0 Å². The number of rotatable bonds is 10. The van der Waals surface area contributed by atoms with E-state index in [1.165, 1.54) is 0 Å². The van der Waals surface area contributed by atoms with Crippen LogP contribution in [0.1, 0.15) is 26.7 Å². The molecule has 4 nitrogen and oxygen atoms in total. The predicted octanol–water partition coefficient (Wildman–Crippen LogP) is 2.76. The molecule has 0 aliphatic carbocycles. The second-order valence-electron chi connectivity index (χ2n) is 5.85. The summed E-state index contributed by atoms with van der Waals surface area (Å²) in [5, 5.41) is 0. The van der Waals surface area contributed by atoms with Crippen molar-refractivity contribution in [3.63, 3.8) is 0 Å². The molecule has 0 saturated carbocycles. The fourth-order valence-corrected chi connectivity index (χ4v) is 2.05. The zero-order chi connectivity index (χ0) is 14.7. The third-order valence-corrected chi connectivity index (χ3v) is 3.24. The van der Waals surface area contributed by atoms with Crippen LogP contribution in [0.5, 0.6) is 0 Å². The minimum absolute atomic E-state index is 0. The fraction of sp³-hybridized carbons (Fsp3) is 0.933. The Labute approximate surface area is 131 Å². The molecule has 2 atom stereocenters. The SMILES string of the molecule is CCC(CN=C=NCC(CC)CN(C)C)CN(C)C.Cl. The summed E-state index contributed by atoms with van der Waals surface area (Å²) < 4.78 is 0. The molecule has 0 heterocycles. The molecule has 0 N–H and O–H groups in total. The minimum Gasteiger partial charge on any atom is -0.309 e. The summed E-state index contributed by atoms with van der Waals surface area (Å²) in [6, 6.07) is 2.87. The molecular formula is C15H33ClN4. The first-order valence-electron chi connectivity index (χ1n) is 7.36. The topological polar surface area (TPSA) is 31.2 Å². The molecule has 5 heteroatoms. The average Bonchev–Trinajstić information content (AvgIpc) is 2.34. The molecule has 0 aromatic carbocycles. The molecule has 0 radical (unpaired) electrons. The van der Waals surface area contributed by atoms with E-state index in [9.17, 15) is 0 Å². The smallest absolute Gasteiger partial charge is 0.0892 e. The van der Waals surface area contributed by atoms with Gasteiger partial charge < -0.3 is 9.80 Å². The Hall–Kier alpha value is -0.410. The molecule has 2 unspecified atom stereocenters. The van der Waals surface area contributed by atoms with Crippen LogP contribution >= 0.6 is 12.4 Å². The van der Waals surface area contributed by atoms with E-state index in [0.717, 1.165) is 39.0 Å². The van der Waals surface area contributed by atoms with Crippen molar-refractivity contribution in [2.75, 3.05) is 54.4 Å². The van der Waals surface area contributed by atoms with Gasteiger partial charge >= 0.3 is 0 Å². The number of hydrogen-bond donors (Lipinski definition) is 0. The van der Waals surface area contributed by atoms with Gasteiger partial charge in [-0.05, 0) is 40.0 Å². The Kier molecular flexibility index (Phi) is 14.8.